The lowest BCUT2D eigenvalue weighted by molar-refractivity contribution is -0.384. The van der Waals surface area contributed by atoms with Gasteiger partial charge in [0.05, 0.1) is 24.7 Å². The van der Waals surface area contributed by atoms with Gasteiger partial charge in [0, 0.05) is 23.4 Å². The first kappa shape index (κ1) is 20.0. The minimum Gasteiger partial charge on any atom is -0.490 e. The molecule has 1 N–H and O–H groups in total. The molecule has 2 rings (SSSR count). The van der Waals surface area contributed by atoms with Crippen molar-refractivity contribution in [2.24, 2.45) is 0 Å². The van der Waals surface area contributed by atoms with Crippen molar-refractivity contribution in [2.75, 3.05) is 25.1 Å². The SMILES string of the molecule is CCOc1cc(C(=O)Nc2cccc([N+](=O)[O-])c2)cc(OCC)c1OCC. The Morgan fingerprint density at radius 1 is 1.00 bits per heavy atom. The van der Waals surface area contributed by atoms with Crippen molar-refractivity contribution in [3.05, 3.63) is 52.1 Å². The maximum absolute atomic E-state index is 12.6. The van der Waals surface area contributed by atoms with Crippen molar-refractivity contribution < 1.29 is 23.9 Å². The highest BCUT2D eigenvalue weighted by Crippen LogP contribution is 2.39. The Balaban J connectivity index is 2.36. The predicted octanol–water partition coefficient (Wildman–Crippen LogP) is 4.04. The van der Waals surface area contributed by atoms with Gasteiger partial charge in [-0.05, 0) is 39.0 Å². The second-order valence-corrected chi connectivity index (χ2v) is 5.36. The van der Waals surface area contributed by atoms with E-state index >= 15 is 0 Å². The first-order chi connectivity index (χ1) is 13.0. The first-order valence-electron chi connectivity index (χ1n) is 8.62. The third-order valence-electron chi connectivity index (χ3n) is 3.49. The Morgan fingerprint density at radius 2 is 1.59 bits per heavy atom. The predicted molar refractivity (Wildman–Crippen MR) is 101 cm³/mol. The van der Waals surface area contributed by atoms with E-state index < -0.39 is 10.8 Å². The lowest BCUT2D eigenvalue weighted by Gasteiger charge is -2.17. The van der Waals surface area contributed by atoms with E-state index in [1.807, 2.05) is 20.8 Å². The molecule has 0 saturated heterocycles. The highest BCUT2D eigenvalue weighted by molar-refractivity contribution is 6.05. The Kier molecular flexibility index (Phi) is 6.99. The number of non-ortho nitro benzene ring substituents is 1. The molecule has 0 aromatic heterocycles. The molecule has 0 saturated carbocycles. The third kappa shape index (κ3) is 5.10. The Bertz CT molecular complexity index is 795. The molecule has 1 amide bonds. The number of benzene rings is 2. The smallest absolute Gasteiger partial charge is 0.271 e. The summed E-state index contributed by atoms with van der Waals surface area (Å²) in [6, 6.07) is 8.84. The number of amides is 1. The van der Waals surface area contributed by atoms with E-state index in [0.717, 1.165) is 0 Å². The van der Waals surface area contributed by atoms with Crippen LogP contribution in [-0.2, 0) is 0 Å². The van der Waals surface area contributed by atoms with E-state index in [0.29, 0.717) is 42.8 Å². The second kappa shape index (κ2) is 9.42. The number of hydrogen-bond donors (Lipinski definition) is 1. The van der Waals surface area contributed by atoms with Crippen molar-refractivity contribution in [1.29, 1.82) is 0 Å². The lowest BCUT2D eigenvalue weighted by Crippen LogP contribution is -2.13. The molecule has 8 nitrogen and oxygen atoms in total. The van der Waals surface area contributed by atoms with Gasteiger partial charge in [0.15, 0.2) is 11.5 Å². The fourth-order valence-electron chi connectivity index (χ4n) is 2.42. The van der Waals surface area contributed by atoms with Crippen LogP contribution in [0.15, 0.2) is 36.4 Å². The summed E-state index contributed by atoms with van der Waals surface area (Å²) in [5.41, 5.74) is 0.500. The molecule has 0 spiro atoms. The van der Waals surface area contributed by atoms with Crippen LogP contribution in [0.5, 0.6) is 17.2 Å². The van der Waals surface area contributed by atoms with E-state index in [2.05, 4.69) is 5.32 Å². The van der Waals surface area contributed by atoms with Gasteiger partial charge in [-0.1, -0.05) is 6.07 Å². The molecule has 2 aromatic carbocycles. The van der Waals surface area contributed by atoms with Gasteiger partial charge in [0.25, 0.3) is 11.6 Å². The minimum atomic E-state index is -0.521. The zero-order valence-corrected chi connectivity index (χ0v) is 15.5. The number of nitro groups is 1. The summed E-state index contributed by atoms with van der Waals surface area (Å²) in [4.78, 5) is 23.0. The van der Waals surface area contributed by atoms with Crippen LogP contribution >= 0.6 is 0 Å². The highest BCUT2D eigenvalue weighted by atomic mass is 16.6. The molecule has 0 unspecified atom stereocenters. The van der Waals surface area contributed by atoms with Gasteiger partial charge in [-0.25, -0.2) is 0 Å². The van der Waals surface area contributed by atoms with E-state index in [-0.39, 0.29) is 11.3 Å². The summed E-state index contributed by atoms with van der Waals surface area (Å²) in [5, 5.41) is 13.5. The quantitative estimate of drug-likeness (QED) is 0.525. The lowest BCUT2D eigenvalue weighted by atomic mass is 10.1. The Hall–Kier alpha value is -3.29. The van der Waals surface area contributed by atoms with Gasteiger partial charge in [0.1, 0.15) is 0 Å². The summed E-state index contributed by atoms with van der Waals surface area (Å²) >= 11 is 0. The number of anilines is 1. The van der Waals surface area contributed by atoms with Crippen LogP contribution in [0.25, 0.3) is 0 Å². The van der Waals surface area contributed by atoms with Crippen LogP contribution in [0.4, 0.5) is 11.4 Å². The van der Waals surface area contributed by atoms with Gasteiger partial charge in [-0.15, -0.1) is 0 Å². The molecule has 0 atom stereocenters. The monoisotopic (exact) mass is 374 g/mol. The fraction of sp³-hybridized carbons (Fsp3) is 0.316. The summed E-state index contributed by atoms with van der Waals surface area (Å²) in [7, 11) is 0. The van der Waals surface area contributed by atoms with E-state index in [1.165, 1.54) is 18.2 Å². The van der Waals surface area contributed by atoms with Crippen molar-refractivity contribution in [2.45, 2.75) is 20.8 Å². The van der Waals surface area contributed by atoms with Crippen LogP contribution in [0.2, 0.25) is 0 Å². The number of hydrogen-bond acceptors (Lipinski definition) is 6. The standard InChI is InChI=1S/C19H22N2O6/c1-4-25-16-10-13(11-17(26-5-2)18(16)27-6-3)19(22)20-14-8-7-9-15(12-14)21(23)24/h7-12H,4-6H2,1-3H3,(H,20,22). The molecule has 0 aliphatic heterocycles. The van der Waals surface area contributed by atoms with E-state index in [9.17, 15) is 14.9 Å². The third-order valence-corrected chi connectivity index (χ3v) is 3.49. The number of nitrogens with zero attached hydrogens (tertiary/aromatic N) is 1. The van der Waals surface area contributed by atoms with Crippen LogP contribution in [-0.4, -0.2) is 30.7 Å². The van der Waals surface area contributed by atoms with Crippen LogP contribution in [0, 0.1) is 10.1 Å². The number of carbonyl (C=O) groups excluding carboxylic acids is 1. The van der Waals surface area contributed by atoms with E-state index in [4.69, 9.17) is 14.2 Å². The van der Waals surface area contributed by atoms with Crippen molar-refractivity contribution in [3.63, 3.8) is 0 Å². The molecule has 0 aliphatic rings. The minimum absolute atomic E-state index is 0.107. The molecular formula is C19H22N2O6. The Morgan fingerprint density at radius 3 is 2.11 bits per heavy atom. The molecule has 8 heteroatoms. The number of rotatable bonds is 9. The van der Waals surface area contributed by atoms with Gasteiger partial charge >= 0.3 is 0 Å². The normalized spacial score (nSPS) is 10.2. The number of carbonyl (C=O) groups is 1. The molecule has 0 heterocycles. The molecule has 2 aromatic rings. The maximum atomic E-state index is 12.6. The van der Waals surface area contributed by atoms with E-state index in [1.54, 1.807) is 18.2 Å². The van der Waals surface area contributed by atoms with Gasteiger partial charge in [-0.3, -0.25) is 14.9 Å². The van der Waals surface area contributed by atoms with Gasteiger partial charge in [-0.2, -0.15) is 0 Å². The number of nitro benzene ring substituents is 1. The summed E-state index contributed by atoms with van der Waals surface area (Å²) in [6.07, 6.45) is 0. The number of ether oxygens (including phenoxy) is 3. The van der Waals surface area contributed by atoms with Gasteiger partial charge in [0.2, 0.25) is 5.75 Å². The van der Waals surface area contributed by atoms with Crippen molar-refractivity contribution >= 4 is 17.3 Å². The average molecular weight is 374 g/mol. The van der Waals surface area contributed by atoms with Crippen LogP contribution in [0.3, 0.4) is 0 Å². The van der Waals surface area contributed by atoms with Crippen LogP contribution in [0.1, 0.15) is 31.1 Å². The largest absolute Gasteiger partial charge is 0.490 e. The molecule has 0 bridgehead atoms. The fourth-order valence-corrected chi connectivity index (χ4v) is 2.42. The zero-order valence-electron chi connectivity index (χ0n) is 15.5. The summed E-state index contributed by atoms with van der Waals surface area (Å²) in [5.74, 6) is 0.789. The Labute approximate surface area is 157 Å². The molecule has 0 radical (unpaired) electrons. The molecule has 144 valence electrons. The zero-order chi connectivity index (χ0) is 19.8. The van der Waals surface area contributed by atoms with Crippen molar-refractivity contribution in [3.8, 4) is 17.2 Å². The molecule has 0 fully saturated rings. The molecule has 27 heavy (non-hydrogen) atoms. The summed E-state index contributed by atoms with van der Waals surface area (Å²) in [6.45, 7) is 6.69. The van der Waals surface area contributed by atoms with Crippen molar-refractivity contribution in [1.82, 2.24) is 0 Å². The topological polar surface area (TPSA) is 99.9 Å². The van der Waals surface area contributed by atoms with Crippen LogP contribution < -0.4 is 19.5 Å². The average Bonchev–Trinajstić information content (AvgIpc) is 2.64. The first-order valence-corrected chi connectivity index (χ1v) is 8.62. The highest BCUT2D eigenvalue weighted by Gasteiger charge is 2.19. The second-order valence-electron chi connectivity index (χ2n) is 5.36. The summed E-state index contributed by atoms with van der Waals surface area (Å²) < 4.78 is 16.8. The number of nitrogens with one attached hydrogen (secondary N) is 1. The molecule has 0 aliphatic carbocycles. The van der Waals surface area contributed by atoms with Gasteiger partial charge < -0.3 is 19.5 Å². The maximum Gasteiger partial charge on any atom is 0.271 e. The molecular weight excluding hydrogens is 352 g/mol.